The molecule has 1 atom stereocenters. The van der Waals surface area contributed by atoms with Crippen molar-refractivity contribution >= 4 is 34.0 Å². The van der Waals surface area contributed by atoms with Crippen molar-refractivity contribution in [2.45, 2.75) is 58.2 Å². The van der Waals surface area contributed by atoms with Crippen molar-refractivity contribution in [2.24, 2.45) is 0 Å². The summed E-state index contributed by atoms with van der Waals surface area (Å²) in [6.07, 6.45) is 1.12. The second-order valence-corrected chi connectivity index (χ2v) is 10.4. The molecule has 37 heavy (non-hydrogen) atoms. The Bertz CT molecular complexity index is 1550. The number of carbonyl (C=O) groups is 2. The van der Waals surface area contributed by atoms with Crippen LogP contribution in [0.3, 0.4) is 0 Å². The van der Waals surface area contributed by atoms with Crippen molar-refractivity contribution in [2.75, 3.05) is 7.11 Å². The monoisotopic (exact) mass is 510 g/mol. The Kier molecular flexibility index (Phi) is 5.92. The third-order valence-corrected chi connectivity index (χ3v) is 6.25. The molecule has 1 saturated carbocycles. The molecular weight excluding hydrogens is 482 g/mol. The van der Waals surface area contributed by atoms with Gasteiger partial charge in [0.2, 0.25) is 0 Å². The van der Waals surface area contributed by atoms with Crippen LogP contribution in [0, 0.1) is 11.6 Å². The SMILES string of the molecule is COC(=O)c1cc(F)c2c(c1)nc(-c1cc3cc(F)c(C(C)NC(=O)OC(C)(C)C)cc3[nH]1)n2C1CC1. The molecule has 2 aromatic heterocycles. The van der Waals surface area contributed by atoms with Gasteiger partial charge in [-0.15, -0.1) is 0 Å². The highest BCUT2D eigenvalue weighted by molar-refractivity contribution is 5.95. The Labute approximate surface area is 212 Å². The number of carbonyl (C=O) groups excluding carboxylic acids is 2. The van der Waals surface area contributed by atoms with Crippen LogP contribution < -0.4 is 5.32 Å². The number of alkyl carbamates (subject to hydrolysis) is 1. The fourth-order valence-corrected chi connectivity index (χ4v) is 4.48. The van der Waals surface area contributed by atoms with Crippen LogP contribution in [0.2, 0.25) is 0 Å². The van der Waals surface area contributed by atoms with Gasteiger partial charge >= 0.3 is 12.1 Å². The number of aromatic nitrogens is 3. The number of benzene rings is 2. The fourth-order valence-electron chi connectivity index (χ4n) is 4.48. The summed E-state index contributed by atoms with van der Waals surface area (Å²) < 4.78 is 42.0. The molecule has 1 unspecified atom stereocenters. The van der Waals surface area contributed by atoms with Gasteiger partial charge in [-0.3, -0.25) is 0 Å². The first-order chi connectivity index (χ1) is 17.4. The lowest BCUT2D eigenvalue weighted by atomic mass is 10.1. The third-order valence-electron chi connectivity index (χ3n) is 6.25. The van der Waals surface area contributed by atoms with E-state index in [0.29, 0.717) is 33.5 Å². The van der Waals surface area contributed by atoms with Gasteiger partial charge in [-0.05, 0) is 70.9 Å². The van der Waals surface area contributed by atoms with Gasteiger partial charge in [0.1, 0.15) is 22.8 Å². The van der Waals surface area contributed by atoms with E-state index in [9.17, 15) is 9.59 Å². The largest absolute Gasteiger partial charge is 0.465 e. The quantitative estimate of drug-likeness (QED) is 0.313. The highest BCUT2D eigenvalue weighted by Gasteiger charge is 2.31. The second-order valence-electron chi connectivity index (χ2n) is 10.4. The zero-order chi connectivity index (χ0) is 26.6. The lowest BCUT2D eigenvalue weighted by Crippen LogP contribution is -2.34. The second kappa shape index (κ2) is 8.86. The molecule has 1 aliphatic rings. The first-order valence-corrected chi connectivity index (χ1v) is 12.1. The lowest BCUT2D eigenvalue weighted by molar-refractivity contribution is 0.0506. The van der Waals surface area contributed by atoms with E-state index in [0.717, 1.165) is 18.9 Å². The molecule has 10 heteroatoms. The summed E-state index contributed by atoms with van der Waals surface area (Å²) in [5.74, 6) is -1.19. The fraction of sp³-hybridized carbons (Fsp3) is 0.370. The molecule has 1 aliphatic carbocycles. The Balaban J connectivity index is 1.55. The van der Waals surface area contributed by atoms with E-state index in [1.54, 1.807) is 39.8 Å². The Morgan fingerprint density at radius 1 is 1.14 bits per heavy atom. The minimum atomic E-state index is -0.676. The molecule has 0 bridgehead atoms. The van der Waals surface area contributed by atoms with E-state index >= 15 is 8.78 Å². The Hall–Kier alpha value is -3.95. The third kappa shape index (κ3) is 4.75. The van der Waals surface area contributed by atoms with Gasteiger partial charge in [0, 0.05) is 22.5 Å². The van der Waals surface area contributed by atoms with E-state index in [2.05, 4.69) is 15.3 Å². The zero-order valence-electron chi connectivity index (χ0n) is 21.2. The van der Waals surface area contributed by atoms with Gasteiger partial charge < -0.3 is 24.3 Å². The minimum absolute atomic E-state index is 0.0781. The number of amides is 1. The Morgan fingerprint density at radius 2 is 1.86 bits per heavy atom. The average molecular weight is 511 g/mol. The summed E-state index contributed by atoms with van der Waals surface area (Å²) >= 11 is 0. The number of nitrogens with one attached hydrogen (secondary N) is 2. The first kappa shape index (κ1) is 24.7. The van der Waals surface area contributed by atoms with E-state index < -0.39 is 35.3 Å². The topological polar surface area (TPSA) is 98.2 Å². The van der Waals surface area contributed by atoms with E-state index in [1.807, 2.05) is 4.57 Å². The molecule has 2 aromatic carbocycles. The van der Waals surface area contributed by atoms with Crippen molar-refractivity contribution in [3.63, 3.8) is 0 Å². The van der Waals surface area contributed by atoms with E-state index in [4.69, 9.17) is 9.47 Å². The van der Waals surface area contributed by atoms with Crippen LogP contribution in [0.4, 0.5) is 13.6 Å². The van der Waals surface area contributed by atoms with Gasteiger partial charge in [-0.25, -0.2) is 23.4 Å². The predicted octanol–water partition coefficient (Wildman–Crippen LogP) is 6.17. The smallest absolute Gasteiger partial charge is 0.408 e. The van der Waals surface area contributed by atoms with Gasteiger partial charge in [0.05, 0.1) is 29.9 Å². The van der Waals surface area contributed by atoms with Crippen LogP contribution in [0.15, 0.2) is 30.3 Å². The van der Waals surface area contributed by atoms with Gasteiger partial charge in [0.25, 0.3) is 0 Å². The number of nitrogens with zero attached hydrogens (tertiary/aromatic N) is 2. The molecule has 0 aliphatic heterocycles. The number of ether oxygens (including phenoxy) is 2. The number of H-pyrrole nitrogens is 1. The number of halogens is 2. The van der Waals surface area contributed by atoms with Crippen molar-refractivity contribution in [1.82, 2.24) is 19.9 Å². The molecular formula is C27H28F2N4O4. The summed E-state index contributed by atoms with van der Waals surface area (Å²) in [6.45, 7) is 6.93. The van der Waals surface area contributed by atoms with Gasteiger partial charge in [0.15, 0.2) is 5.82 Å². The maximum Gasteiger partial charge on any atom is 0.408 e. The van der Waals surface area contributed by atoms with Crippen molar-refractivity contribution in [3.05, 3.63) is 53.1 Å². The summed E-state index contributed by atoms with van der Waals surface area (Å²) in [5.41, 5.74) is 1.56. The molecule has 194 valence electrons. The van der Waals surface area contributed by atoms with Crippen LogP contribution in [-0.2, 0) is 9.47 Å². The molecule has 8 nitrogen and oxygen atoms in total. The van der Waals surface area contributed by atoms with Crippen LogP contribution in [0.25, 0.3) is 33.5 Å². The highest BCUT2D eigenvalue weighted by Crippen LogP contribution is 2.42. The van der Waals surface area contributed by atoms with Crippen LogP contribution in [0.5, 0.6) is 0 Å². The van der Waals surface area contributed by atoms with Gasteiger partial charge in [-0.1, -0.05) is 0 Å². The number of rotatable bonds is 5. The van der Waals surface area contributed by atoms with E-state index in [1.165, 1.54) is 19.2 Å². The molecule has 2 heterocycles. The van der Waals surface area contributed by atoms with Crippen LogP contribution >= 0.6 is 0 Å². The summed E-state index contributed by atoms with van der Waals surface area (Å²) in [5, 5.41) is 3.26. The number of aromatic amines is 1. The molecule has 2 N–H and O–H groups in total. The summed E-state index contributed by atoms with van der Waals surface area (Å²) in [7, 11) is 1.24. The summed E-state index contributed by atoms with van der Waals surface area (Å²) in [4.78, 5) is 32.1. The number of fused-ring (bicyclic) bond motifs is 2. The maximum absolute atomic E-state index is 15.2. The standard InChI is InChI=1S/C27H28F2N4O4/c1-13(30-26(35)37-27(2,3)4)17-12-20-14(8-18(17)28)10-22(31-20)24-32-21-11-15(25(34)36-5)9-19(29)23(21)33(24)16-6-7-16/h8-13,16,31H,6-7H2,1-5H3,(H,30,35). The van der Waals surface area contributed by atoms with Crippen molar-refractivity contribution in [3.8, 4) is 11.5 Å². The molecule has 5 rings (SSSR count). The van der Waals surface area contributed by atoms with Crippen LogP contribution in [-0.4, -0.2) is 39.3 Å². The maximum atomic E-state index is 15.2. The van der Waals surface area contributed by atoms with Crippen LogP contribution in [0.1, 0.15) is 68.5 Å². The number of hydrogen-bond acceptors (Lipinski definition) is 5. The van der Waals surface area contributed by atoms with E-state index in [-0.39, 0.29) is 17.2 Å². The molecule has 4 aromatic rings. The molecule has 0 saturated heterocycles. The molecule has 1 fully saturated rings. The summed E-state index contributed by atoms with van der Waals surface area (Å²) in [6, 6.07) is 6.88. The lowest BCUT2D eigenvalue weighted by Gasteiger charge is -2.22. The highest BCUT2D eigenvalue weighted by atomic mass is 19.1. The van der Waals surface area contributed by atoms with Crippen molar-refractivity contribution < 1.29 is 27.8 Å². The number of esters is 1. The average Bonchev–Trinajstić information content (AvgIpc) is 3.44. The number of methoxy groups -OCH3 is 1. The van der Waals surface area contributed by atoms with Gasteiger partial charge in [-0.2, -0.15) is 0 Å². The number of hydrogen-bond donors (Lipinski definition) is 2. The molecule has 0 radical (unpaired) electrons. The normalized spacial score (nSPS) is 14.7. The van der Waals surface area contributed by atoms with Crippen molar-refractivity contribution in [1.29, 1.82) is 0 Å². The predicted molar refractivity (Wildman–Crippen MR) is 134 cm³/mol. The molecule has 0 spiro atoms. The first-order valence-electron chi connectivity index (χ1n) is 12.1. The molecule has 1 amide bonds. The number of imidazole rings is 1. The minimum Gasteiger partial charge on any atom is -0.465 e. The zero-order valence-corrected chi connectivity index (χ0v) is 21.2. The Morgan fingerprint density at radius 3 is 2.51 bits per heavy atom.